The lowest BCUT2D eigenvalue weighted by Gasteiger charge is -2.42. The molecule has 2 saturated heterocycles. The molecule has 1 atom stereocenters. The first kappa shape index (κ1) is 37.1. The topological polar surface area (TPSA) is 111 Å². The average Bonchev–Trinajstić information content (AvgIpc) is 3.58. The lowest BCUT2D eigenvalue weighted by molar-refractivity contribution is 0.0670. The van der Waals surface area contributed by atoms with Crippen LogP contribution < -0.4 is 15.1 Å². The molecule has 58 heavy (non-hydrogen) atoms. The lowest BCUT2D eigenvalue weighted by Crippen LogP contribution is -2.49. The Morgan fingerprint density at radius 1 is 0.828 bits per heavy atom. The molecule has 0 bridgehead atoms. The molecular weight excluding hydrogens is 730 g/mol. The Hall–Kier alpha value is -6.53. The van der Waals surface area contributed by atoms with Crippen molar-refractivity contribution >= 4 is 29.3 Å². The van der Waals surface area contributed by atoms with E-state index in [9.17, 15) is 14.0 Å². The summed E-state index contributed by atoms with van der Waals surface area (Å²) in [5.74, 6) is 0.625. The quantitative estimate of drug-likeness (QED) is 0.175. The highest BCUT2D eigenvalue weighted by atomic mass is 19.1. The number of aromatic nitrogens is 4. The number of pyridine rings is 2. The number of nitrogens with zero attached hydrogens (tertiary/aromatic N) is 8. The SMILES string of the molecule is CN1CCN(c2ncccc2C(=O)N2CC3(CCN(C(=O)c4ccc(CNc5nccc(-c6cccnc6)n5)cc4)CC3)c3cc(F)ccc32)C(c2ccccc2)C1. The van der Waals surface area contributed by atoms with Gasteiger partial charge < -0.3 is 24.9 Å². The summed E-state index contributed by atoms with van der Waals surface area (Å²) >= 11 is 0. The number of anilines is 3. The largest absolute Gasteiger partial charge is 0.350 e. The highest BCUT2D eigenvalue weighted by Gasteiger charge is 2.48. The molecule has 0 radical (unpaired) electrons. The summed E-state index contributed by atoms with van der Waals surface area (Å²) in [6, 6.07) is 32.0. The van der Waals surface area contributed by atoms with Crippen molar-refractivity contribution in [2.75, 3.05) is 61.4 Å². The first-order valence-corrected chi connectivity index (χ1v) is 19.8. The molecule has 3 aromatic heterocycles. The monoisotopic (exact) mass is 773 g/mol. The second-order valence-electron chi connectivity index (χ2n) is 15.4. The van der Waals surface area contributed by atoms with Gasteiger partial charge in [0.15, 0.2) is 0 Å². The molecule has 3 aliphatic rings. The Bertz CT molecular complexity index is 2420. The number of hydrogen-bond donors (Lipinski definition) is 1. The molecule has 1 unspecified atom stereocenters. The zero-order chi connectivity index (χ0) is 39.6. The summed E-state index contributed by atoms with van der Waals surface area (Å²) in [6.45, 7) is 4.25. The van der Waals surface area contributed by atoms with E-state index < -0.39 is 5.41 Å². The van der Waals surface area contributed by atoms with E-state index in [0.717, 1.165) is 47.7 Å². The van der Waals surface area contributed by atoms with Gasteiger partial charge in [-0.3, -0.25) is 14.6 Å². The molecule has 1 spiro atoms. The molecule has 0 aliphatic carbocycles. The van der Waals surface area contributed by atoms with Crippen LogP contribution in [0.25, 0.3) is 11.3 Å². The minimum Gasteiger partial charge on any atom is -0.350 e. The first-order valence-electron chi connectivity index (χ1n) is 19.8. The summed E-state index contributed by atoms with van der Waals surface area (Å²) in [5, 5.41) is 3.27. The number of fused-ring (bicyclic) bond motifs is 2. The smallest absolute Gasteiger partial charge is 0.262 e. The molecular formula is C46H44FN9O2. The Kier molecular flexibility index (Phi) is 10.1. The van der Waals surface area contributed by atoms with Crippen molar-refractivity contribution in [3.63, 3.8) is 0 Å². The van der Waals surface area contributed by atoms with E-state index in [1.807, 2.05) is 82.6 Å². The van der Waals surface area contributed by atoms with E-state index >= 15 is 0 Å². The van der Waals surface area contributed by atoms with Gasteiger partial charge in [0.25, 0.3) is 11.8 Å². The lowest BCUT2D eigenvalue weighted by atomic mass is 9.74. The number of carbonyl (C=O) groups excluding carboxylic acids is 2. The Morgan fingerprint density at radius 2 is 1.64 bits per heavy atom. The average molecular weight is 774 g/mol. The van der Waals surface area contributed by atoms with Crippen molar-refractivity contribution in [2.45, 2.75) is 30.8 Å². The Balaban J connectivity index is 0.887. The van der Waals surface area contributed by atoms with Gasteiger partial charge in [0.1, 0.15) is 11.6 Å². The van der Waals surface area contributed by atoms with Crippen LogP contribution in [-0.2, 0) is 12.0 Å². The maximum Gasteiger partial charge on any atom is 0.262 e. The van der Waals surface area contributed by atoms with Gasteiger partial charge in [-0.05, 0) is 97.2 Å². The fourth-order valence-corrected chi connectivity index (χ4v) is 8.71. The van der Waals surface area contributed by atoms with Crippen LogP contribution in [0, 0.1) is 5.82 Å². The van der Waals surface area contributed by atoms with Gasteiger partial charge in [0.05, 0.1) is 17.3 Å². The minimum atomic E-state index is -0.488. The maximum absolute atomic E-state index is 15.0. The number of likely N-dealkylation sites (tertiary alicyclic amines) is 1. The van der Waals surface area contributed by atoms with Crippen molar-refractivity contribution in [2.24, 2.45) is 0 Å². The van der Waals surface area contributed by atoms with Gasteiger partial charge in [-0.2, -0.15) is 0 Å². The Morgan fingerprint density at radius 3 is 2.43 bits per heavy atom. The molecule has 6 aromatic rings. The number of benzene rings is 3. The van der Waals surface area contributed by atoms with Crippen molar-refractivity contribution in [1.29, 1.82) is 0 Å². The highest BCUT2D eigenvalue weighted by Crippen LogP contribution is 2.48. The first-order chi connectivity index (χ1) is 28.3. The summed E-state index contributed by atoms with van der Waals surface area (Å²) < 4.78 is 15.0. The summed E-state index contributed by atoms with van der Waals surface area (Å²) in [5.41, 5.74) is 6.03. The Labute approximate surface area is 337 Å². The van der Waals surface area contributed by atoms with Crippen LogP contribution >= 0.6 is 0 Å². The third kappa shape index (κ3) is 7.27. The number of halogens is 1. The predicted octanol–water partition coefficient (Wildman–Crippen LogP) is 7.01. The van der Waals surface area contributed by atoms with Crippen molar-refractivity contribution in [3.8, 4) is 11.3 Å². The van der Waals surface area contributed by atoms with Crippen molar-refractivity contribution in [1.82, 2.24) is 29.7 Å². The molecule has 1 N–H and O–H groups in total. The van der Waals surface area contributed by atoms with Crippen LogP contribution in [0.15, 0.2) is 128 Å². The molecule has 12 heteroatoms. The van der Waals surface area contributed by atoms with E-state index in [1.54, 1.807) is 36.9 Å². The number of hydrogen-bond acceptors (Lipinski definition) is 9. The van der Waals surface area contributed by atoms with Crippen molar-refractivity contribution < 1.29 is 14.0 Å². The molecule has 2 fully saturated rings. The number of carbonyl (C=O) groups is 2. The minimum absolute atomic E-state index is 0.0261. The van der Waals surface area contributed by atoms with Crippen LogP contribution in [0.4, 0.5) is 21.8 Å². The maximum atomic E-state index is 15.0. The normalized spacial score (nSPS) is 17.6. The van der Waals surface area contributed by atoms with Gasteiger partial charge in [0.2, 0.25) is 5.95 Å². The van der Waals surface area contributed by atoms with Gasteiger partial charge in [-0.15, -0.1) is 0 Å². The number of nitrogens with one attached hydrogen (secondary N) is 1. The van der Waals surface area contributed by atoms with Crippen LogP contribution in [0.3, 0.4) is 0 Å². The zero-order valence-electron chi connectivity index (χ0n) is 32.3. The van der Waals surface area contributed by atoms with Crippen molar-refractivity contribution in [3.05, 3.63) is 162 Å². The summed E-state index contributed by atoms with van der Waals surface area (Å²) in [7, 11) is 2.12. The molecule has 3 aliphatic heterocycles. The molecule has 9 rings (SSSR count). The molecule has 292 valence electrons. The van der Waals surface area contributed by atoms with E-state index in [-0.39, 0.29) is 23.7 Å². The van der Waals surface area contributed by atoms with E-state index in [4.69, 9.17) is 4.98 Å². The van der Waals surface area contributed by atoms with Gasteiger partial charge in [-0.25, -0.2) is 19.3 Å². The van der Waals surface area contributed by atoms with E-state index in [0.29, 0.717) is 61.9 Å². The second kappa shape index (κ2) is 15.8. The zero-order valence-corrected chi connectivity index (χ0v) is 32.3. The predicted molar refractivity (Wildman–Crippen MR) is 222 cm³/mol. The summed E-state index contributed by atoms with van der Waals surface area (Å²) in [4.78, 5) is 54.8. The van der Waals surface area contributed by atoms with Crippen LogP contribution in [-0.4, -0.2) is 87.9 Å². The number of rotatable bonds is 8. The fourth-order valence-electron chi connectivity index (χ4n) is 8.71. The van der Waals surface area contributed by atoms with Gasteiger partial charge in [-0.1, -0.05) is 42.5 Å². The summed E-state index contributed by atoms with van der Waals surface area (Å²) in [6.07, 6.45) is 8.16. The third-order valence-electron chi connectivity index (χ3n) is 11.9. The molecule has 6 heterocycles. The molecule has 2 amide bonds. The van der Waals surface area contributed by atoms with Gasteiger partial charge in [0, 0.05) is 92.8 Å². The number of likely N-dealkylation sites (N-methyl/N-ethyl adjacent to an activating group) is 1. The van der Waals surface area contributed by atoms with E-state index in [1.165, 1.54) is 11.6 Å². The van der Waals surface area contributed by atoms with Crippen LogP contribution in [0.5, 0.6) is 0 Å². The molecule has 3 aromatic carbocycles. The molecule has 0 saturated carbocycles. The fraction of sp³-hybridized carbons (Fsp3) is 0.261. The number of piperazine rings is 1. The third-order valence-corrected chi connectivity index (χ3v) is 11.9. The standard InChI is InChI=1S/C46H44FN9O2/c1-53-25-26-55(41(30-53)33-7-3-2-4-8-33)42-37(10-6-21-49-42)44(58)56-31-46(38-27-36(47)15-16-40(38)56)18-23-54(24-19-46)43(57)34-13-11-32(12-14-34)28-51-45-50-22-17-39(52-45)35-9-5-20-48-29-35/h2-17,20-22,27,29,41H,18-19,23-26,28,30-31H2,1H3,(H,50,51,52). The van der Waals surface area contributed by atoms with Gasteiger partial charge >= 0.3 is 0 Å². The molecule has 11 nitrogen and oxygen atoms in total. The van der Waals surface area contributed by atoms with Crippen LogP contribution in [0.2, 0.25) is 0 Å². The second-order valence-corrected chi connectivity index (χ2v) is 15.4. The number of amides is 2. The highest BCUT2D eigenvalue weighted by molar-refractivity contribution is 6.10. The number of piperidine rings is 1. The van der Waals surface area contributed by atoms with Crippen LogP contribution in [0.1, 0.15) is 56.3 Å². The van der Waals surface area contributed by atoms with E-state index in [2.05, 4.69) is 49.2 Å².